The fraction of sp³-hybridized carbons (Fsp3) is 0.500. The summed E-state index contributed by atoms with van der Waals surface area (Å²) in [5.74, 6) is 0.632. The number of hydrogen-bond acceptors (Lipinski definition) is 3. The number of likely N-dealkylation sites (N-methyl/N-ethyl adjacent to an activating group) is 2. The van der Waals surface area contributed by atoms with Gasteiger partial charge in [0.15, 0.2) is 0 Å². The highest BCUT2D eigenvalue weighted by Gasteiger charge is 2.15. The van der Waals surface area contributed by atoms with Gasteiger partial charge in [-0.15, -0.1) is 0 Å². The Kier molecular flexibility index (Phi) is 7.95. The molecule has 0 aromatic heterocycles. The summed E-state index contributed by atoms with van der Waals surface area (Å²) in [7, 11) is 1.61. The lowest BCUT2D eigenvalue weighted by molar-refractivity contribution is -0.135. The second-order valence-electron chi connectivity index (χ2n) is 4.83. The van der Waals surface area contributed by atoms with Gasteiger partial charge < -0.3 is 15.0 Å². The van der Waals surface area contributed by atoms with Crippen LogP contribution in [0, 0.1) is 0 Å². The van der Waals surface area contributed by atoms with Crippen LogP contribution in [0.3, 0.4) is 0 Å². The molecule has 5 nitrogen and oxygen atoms in total. The van der Waals surface area contributed by atoms with Crippen LogP contribution in [0.25, 0.3) is 0 Å². The van der Waals surface area contributed by atoms with E-state index in [4.69, 9.17) is 4.74 Å². The Hall–Kier alpha value is -1.56. The summed E-state index contributed by atoms with van der Waals surface area (Å²) < 4.78 is 6.05. The number of benzene rings is 1. The van der Waals surface area contributed by atoms with Crippen LogP contribution in [0.2, 0.25) is 0 Å². The minimum atomic E-state index is -0.120. The zero-order valence-electron chi connectivity index (χ0n) is 13.3. The molecular weight excluding hydrogens is 348 g/mol. The van der Waals surface area contributed by atoms with Gasteiger partial charge in [-0.05, 0) is 53.9 Å². The third kappa shape index (κ3) is 5.67. The summed E-state index contributed by atoms with van der Waals surface area (Å²) in [6.45, 7) is 4.96. The van der Waals surface area contributed by atoms with Gasteiger partial charge in [0, 0.05) is 19.5 Å². The summed E-state index contributed by atoms with van der Waals surface area (Å²) in [4.78, 5) is 25.4. The Bertz CT molecular complexity index is 520. The molecule has 0 bridgehead atoms. The van der Waals surface area contributed by atoms with E-state index in [1.165, 1.54) is 0 Å². The van der Waals surface area contributed by atoms with E-state index in [1.54, 1.807) is 12.0 Å². The first kappa shape index (κ1) is 18.5. The number of carbonyl (C=O) groups excluding carboxylic acids is 2. The zero-order chi connectivity index (χ0) is 16.5. The van der Waals surface area contributed by atoms with E-state index in [0.29, 0.717) is 25.9 Å². The molecule has 1 aromatic rings. The van der Waals surface area contributed by atoms with E-state index < -0.39 is 0 Å². The lowest BCUT2D eigenvalue weighted by Crippen LogP contribution is -2.40. The average molecular weight is 371 g/mol. The molecule has 1 N–H and O–H groups in total. The maximum absolute atomic E-state index is 12.2. The Morgan fingerprint density at radius 1 is 1.32 bits per heavy atom. The molecule has 22 heavy (non-hydrogen) atoms. The van der Waals surface area contributed by atoms with Gasteiger partial charge in [0.05, 0.1) is 18.1 Å². The van der Waals surface area contributed by atoms with Crippen LogP contribution in [0.1, 0.15) is 25.8 Å². The number of hydrogen-bond donors (Lipinski definition) is 1. The molecule has 0 saturated heterocycles. The van der Waals surface area contributed by atoms with E-state index in [9.17, 15) is 9.59 Å². The zero-order valence-corrected chi connectivity index (χ0v) is 14.9. The molecule has 1 rings (SSSR count). The van der Waals surface area contributed by atoms with Crippen LogP contribution in [-0.4, -0.2) is 43.5 Å². The Morgan fingerprint density at radius 3 is 2.59 bits per heavy atom. The Morgan fingerprint density at radius 2 is 2.05 bits per heavy atom. The first-order chi connectivity index (χ1) is 10.5. The van der Waals surface area contributed by atoms with Crippen molar-refractivity contribution in [3.63, 3.8) is 0 Å². The normalized spacial score (nSPS) is 10.2. The number of nitrogens with zero attached hydrogens (tertiary/aromatic N) is 1. The number of nitrogens with one attached hydrogen (secondary N) is 1. The highest BCUT2D eigenvalue weighted by atomic mass is 79.9. The van der Waals surface area contributed by atoms with Crippen molar-refractivity contribution in [1.82, 2.24) is 10.2 Å². The van der Waals surface area contributed by atoms with Crippen molar-refractivity contribution in [3.8, 4) is 5.75 Å². The second kappa shape index (κ2) is 9.46. The van der Waals surface area contributed by atoms with E-state index >= 15 is 0 Å². The van der Waals surface area contributed by atoms with Gasteiger partial charge in [0.25, 0.3) is 0 Å². The third-order valence-corrected chi connectivity index (χ3v) is 3.91. The molecule has 0 aliphatic rings. The molecule has 122 valence electrons. The molecule has 0 unspecified atom stereocenters. The van der Waals surface area contributed by atoms with Crippen LogP contribution >= 0.6 is 15.9 Å². The van der Waals surface area contributed by atoms with Crippen molar-refractivity contribution in [3.05, 3.63) is 28.2 Å². The van der Waals surface area contributed by atoms with E-state index in [1.807, 2.05) is 32.0 Å². The van der Waals surface area contributed by atoms with Crippen LogP contribution in [0.4, 0.5) is 0 Å². The summed E-state index contributed by atoms with van der Waals surface area (Å²) in [5.41, 5.74) is 1.05. The molecule has 0 fully saturated rings. The van der Waals surface area contributed by atoms with Gasteiger partial charge in [-0.25, -0.2) is 0 Å². The summed E-state index contributed by atoms with van der Waals surface area (Å²) >= 11 is 3.43. The standard InChI is InChI=1S/C16H23BrN2O3/c1-4-18-15(20)11-19(5-2)16(21)9-7-12-6-8-14(22-3)13(17)10-12/h6,8,10H,4-5,7,9,11H2,1-3H3,(H,18,20). The average Bonchev–Trinajstić information content (AvgIpc) is 2.50. The fourth-order valence-electron chi connectivity index (χ4n) is 2.08. The lowest BCUT2D eigenvalue weighted by Gasteiger charge is -2.20. The van der Waals surface area contributed by atoms with E-state index in [-0.39, 0.29) is 18.4 Å². The number of aryl methyl sites for hydroxylation is 1. The number of ether oxygens (including phenoxy) is 1. The topological polar surface area (TPSA) is 58.6 Å². The van der Waals surface area contributed by atoms with Crippen LogP contribution in [0.5, 0.6) is 5.75 Å². The molecule has 0 atom stereocenters. The van der Waals surface area contributed by atoms with Crippen molar-refractivity contribution in [2.24, 2.45) is 0 Å². The highest BCUT2D eigenvalue weighted by molar-refractivity contribution is 9.10. The molecule has 6 heteroatoms. The van der Waals surface area contributed by atoms with Gasteiger partial charge in [-0.2, -0.15) is 0 Å². The SMILES string of the molecule is CCNC(=O)CN(CC)C(=O)CCc1ccc(OC)c(Br)c1. The van der Waals surface area contributed by atoms with Gasteiger partial charge in [0.1, 0.15) is 5.75 Å². The maximum Gasteiger partial charge on any atom is 0.239 e. The molecular formula is C16H23BrN2O3. The minimum absolute atomic E-state index is 0.0132. The first-order valence-electron chi connectivity index (χ1n) is 7.38. The molecule has 0 spiro atoms. The lowest BCUT2D eigenvalue weighted by atomic mass is 10.1. The predicted molar refractivity (Wildman–Crippen MR) is 90.0 cm³/mol. The first-order valence-corrected chi connectivity index (χ1v) is 8.18. The number of halogens is 1. The van der Waals surface area contributed by atoms with Crippen molar-refractivity contribution in [2.75, 3.05) is 26.7 Å². The maximum atomic E-state index is 12.2. The number of rotatable bonds is 8. The van der Waals surface area contributed by atoms with Crippen molar-refractivity contribution in [1.29, 1.82) is 0 Å². The van der Waals surface area contributed by atoms with Crippen molar-refractivity contribution in [2.45, 2.75) is 26.7 Å². The molecule has 1 aromatic carbocycles. The van der Waals surface area contributed by atoms with Gasteiger partial charge in [-0.1, -0.05) is 6.07 Å². The van der Waals surface area contributed by atoms with E-state index in [0.717, 1.165) is 15.8 Å². The van der Waals surface area contributed by atoms with Crippen molar-refractivity contribution < 1.29 is 14.3 Å². The molecule has 2 amide bonds. The van der Waals surface area contributed by atoms with E-state index in [2.05, 4.69) is 21.2 Å². The van der Waals surface area contributed by atoms with Gasteiger partial charge in [0.2, 0.25) is 11.8 Å². The Labute approximate surface area is 140 Å². The minimum Gasteiger partial charge on any atom is -0.496 e. The highest BCUT2D eigenvalue weighted by Crippen LogP contribution is 2.26. The smallest absolute Gasteiger partial charge is 0.239 e. The van der Waals surface area contributed by atoms with Crippen LogP contribution < -0.4 is 10.1 Å². The van der Waals surface area contributed by atoms with Crippen LogP contribution in [-0.2, 0) is 16.0 Å². The van der Waals surface area contributed by atoms with Gasteiger partial charge in [-0.3, -0.25) is 9.59 Å². The third-order valence-electron chi connectivity index (χ3n) is 3.29. The number of methoxy groups -OCH3 is 1. The quantitative estimate of drug-likeness (QED) is 0.763. The molecule has 0 aliphatic carbocycles. The van der Waals surface area contributed by atoms with Gasteiger partial charge >= 0.3 is 0 Å². The fourth-order valence-corrected chi connectivity index (χ4v) is 2.67. The molecule has 0 saturated carbocycles. The predicted octanol–water partition coefficient (Wildman–Crippen LogP) is 2.37. The van der Waals surface area contributed by atoms with Crippen LogP contribution in [0.15, 0.2) is 22.7 Å². The largest absolute Gasteiger partial charge is 0.496 e. The summed E-state index contributed by atoms with van der Waals surface area (Å²) in [6.07, 6.45) is 1.01. The second-order valence-corrected chi connectivity index (χ2v) is 5.68. The number of amides is 2. The molecule has 0 radical (unpaired) electrons. The summed E-state index contributed by atoms with van der Waals surface area (Å²) in [5, 5.41) is 2.71. The Balaban J connectivity index is 2.56. The molecule has 0 aliphatic heterocycles. The van der Waals surface area contributed by atoms with Crippen molar-refractivity contribution >= 4 is 27.7 Å². The molecule has 0 heterocycles. The monoisotopic (exact) mass is 370 g/mol. The number of carbonyl (C=O) groups is 2. The summed E-state index contributed by atoms with van der Waals surface area (Å²) in [6, 6.07) is 5.76.